The van der Waals surface area contributed by atoms with Crippen LogP contribution in [0.25, 0.3) is 0 Å². The maximum atomic E-state index is 12.0. The number of nitrogens with two attached hydrogens (primary N) is 1. The van der Waals surface area contributed by atoms with Gasteiger partial charge >= 0.3 is 11.9 Å². The normalized spacial score (nSPS) is 18.1. The molecule has 1 atom stereocenters. The second kappa shape index (κ2) is 7.38. The summed E-state index contributed by atoms with van der Waals surface area (Å²) in [7, 11) is 1.20. The van der Waals surface area contributed by atoms with E-state index in [1.807, 2.05) is 11.4 Å². The number of carbonyl (C=O) groups excluding carboxylic acids is 3. The van der Waals surface area contributed by atoms with Crippen LogP contribution in [0.3, 0.4) is 0 Å². The van der Waals surface area contributed by atoms with Crippen molar-refractivity contribution in [3.8, 4) is 0 Å². The highest BCUT2D eigenvalue weighted by molar-refractivity contribution is 7.10. The lowest BCUT2D eigenvalue weighted by Gasteiger charge is -2.36. The van der Waals surface area contributed by atoms with Gasteiger partial charge in [-0.1, -0.05) is 6.07 Å². The zero-order chi connectivity index (χ0) is 17.0. The van der Waals surface area contributed by atoms with Crippen molar-refractivity contribution in [2.75, 3.05) is 20.2 Å². The first kappa shape index (κ1) is 17.2. The van der Waals surface area contributed by atoms with Gasteiger partial charge in [0.15, 0.2) is 0 Å². The molecule has 0 aromatic carbocycles. The highest BCUT2D eigenvalue weighted by Gasteiger charge is 2.34. The summed E-state index contributed by atoms with van der Waals surface area (Å²) in [6.07, 6.45) is 0.0684. The van der Waals surface area contributed by atoms with Crippen LogP contribution in [0, 0.1) is 0 Å². The van der Waals surface area contributed by atoms with Crippen molar-refractivity contribution in [2.24, 2.45) is 5.73 Å². The van der Waals surface area contributed by atoms with Crippen molar-refractivity contribution < 1.29 is 23.9 Å². The number of rotatable bonds is 6. The smallest absolute Gasteiger partial charge is 0.374 e. The van der Waals surface area contributed by atoms with Gasteiger partial charge in [0.05, 0.1) is 13.5 Å². The Bertz CT molecular complexity index is 638. The number of thiophene rings is 1. The van der Waals surface area contributed by atoms with E-state index in [0.717, 1.165) is 4.88 Å². The molecule has 2 heterocycles. The van der Waals surface area contributed by atoms with Crippen LogP contribution in [0.2, 0.25) is 0 Å². The Kier molecular flexibility index (Phi) is 5.51. The molecular formula is C15H18N2O5S. The van der Waals surface area contributed by atoms with E-state index in [9.17, 15) is 14.4 Å². The minimum Gasteiger partial charge on any atom is -0.463 e. The lowest BCUT2D eigenvalue weighted by Crippen LogP contribution is -2.61. The Morgan fingerprint density at radius 2 is 2.22 bits per heavy atom. The number of hydrogen-bond acceptors (Lipinski definition) is 7. The average Bonchev–Trinajstić information content (AvgIpc) is 3.03. The molecule has 0 unspecified atom stereocenters. The molecule has 1 saturated heterocycles. The topological polar surface area (TPSA) is 98.9 Å². The number of hydrogen-bond donors (Lipinski definition) is 1. The largest absolute Gasteiger partial charge is 0.463 e. The Labute approximate surface area is 137 Å². The summed E-state index contributed by atoms with van der Waals surface area (Å²) in [6, 6.07) is 3.14. The number of esters is 2. The maximum Gasteiger partial charge on any atom is 0.374 e. The van der Waals surface area contributed by atoms with Crippen molar-refractivity contribution in [3.05, 3.63) is 33.7 Å². The van der Waals surface area contributed by atoms with E-state index in [1.54, 1.807) is 13.0 Å². The van der Waals surface area contributed by atoms with Crippen LogP contribution in [0.4, 0.5) is 0 Å². The monoisotopic (exact) mass is 338 g/mol. The van der Waals surface area contributed by atoms with E-state index >= 15 is 0 Å². The summed E-state index contributed by atoms with van der Waals surface area (Å²) in [5.74, 6) is -1.68. The van der Waals surface area contributed by atoms with Crippen molar-refractivity contribution in [2.45, 2.75) is 19.4 Å². The third kappa shape index (κ3) is 4.17. The van der Waals surface area contributed by atoms with Gasteiger partial charge in [-0.2, -0.15) is 0 Å². The van der Waals surface area contributed by atoms with E-state index in [4.69, 9.17) is 10.5 Å². The lowest BCUT2D eigenvalue weighted by atomic mass is 10.1. The number of carbonyl (C=O) groups is 3. The quantitative estimate of drug-likeness (QED) is 0.350. The fourth-order valence-corrected chi connectivity index (χ4v) is 2.82. The molecular weight excluding hydrogens is 320 g/mol. The molecule has 1 aliphatic heterocycles. The van der Waals surface area contributed by atoms with Gasteiger partial charge in [-0.3, -0.25) is 9.59 Å². The fraction of sp³-hybridized carbons (Fsp3) is 0.400. The van der Waals surface area contributed by atoms with Crippen LogP contribution in [0.5, 0.6) is 0 Å². The molecule has 0 radical (unpaired) electrons. The molecule has 1 amide bonds. The summed E-state index contributed by atoms with van der Waals surface area (Å²) in [5, 5.41) is 1.85. The van der Waals surface area contributed by atoms with E-state index in [-0.39, 0.29) is 24.6 Å². The molecule has 1 aromatic rings. The van der Waals surface area contributed by atoms with Crippen molar-refractivity contribution in [1.82, 2.24) is 4.90 Å². The van der Waals surface area contributed by atoms with Gasteiger partial charge in [0.25, 0.3) is 0 Å². The molecule has 0 aliphatic carbocycles. The van der Waals surface area contributed by atoms with E-state index < -0.39 is 18.0 Å². The minimum atomic E-state index is -0.751. The van der Waals surface area contributed by atoms with Gasteiger partial charge in [-0.05, 0) is 23.9 Å². The van der Waals surface area contributed by atoms with E-state index in [2.05, 4.69) is 4.74 Å². The van der Waals surface area contributed by atoms with Gasteiger partial charge in [0.2, 0.25) is 11.7 Å². The molecule has 0 bridgehead atoms. The number of ether oxygens (including phenoxy) is 2. The zero-order valence-corrected chi connectivity index (χ0v) is 13.7. The van der Waals surface area contributed by atoms with Gasteiger partial charge in [-0.25, -0.2) is 4.79 Å². The number of nitrogens with zero attached hydrogens (tertiary/aromatic N) is 1. The Hall–Kier alpha value is -2.19. The van der Waals surface area contributed by atoms with Gasteiger partial charge < -0.3 is 20.1 Å². The minimum absolute atomic E-state index is 0.0684. The van der Waals surface area contributed by atoms with Crippen molar-refractivity contribution >= 4 is 29.2 Å². The summed E-state index contributed by atoms with van der Waals surface area (Å²) in [4.78, 5) is 37.7. The zero-order valence-electron chi connectivity index (χ0n) is 12.9. The maximum absolute atomic E-state index is 12.0. The third-order valence-corrected chi connectivity index (χ3v) is 4.22. The number of methoxy groups -OCH3 is 1. The molecule has 2 rings (SSSR count). The highest BCUT2D eigenvalue weighted by atomic mass is 32.1. The highest BCUT2D eigenvalue weighted by Crippen LogP contribution is 2.17. The van der Waals surface area contributed by atoms with Crippen molar-refractivity contribution in [3.63, 3.8) is 0 Å². The molecule has 7 nitrogen and oxygen atoms in total. The number of likely N-dealkylation sites (tertiary alicyclic amines) is 1. The molecule has 0 saturated carbocycles. The Morgan fingerprint density at radius 3 is 2.74 bits per heavy atom. The van der Waals surface area contributed by atoms with Crippen LogP contribution in [0.15, 0.2) is 28.8 Å². The lowest BCUT2D eigenvalue weighted by molar-refractivity contribution is -0.149. The predicted molar refractivity (Wildman–Crippen MR) is 83.4 cm³/mol. The van der Waals surface area contributed by atoms with Crippen LogP contribution in [0.1, 0.15) is 11.8 Å². The Balaban J connectivity index is 2.06. The molecule has 0 spiro atoms. The standard InChI is InChI=1S/C15H18N2O5S/c1-9(7-17-8-11(16)14(17)19)13(15(20)21-2)22-12(18)6-10-4-3-5-23-10/h3-5,11H,6-8,16H2,1-2H3/t11-/m0/s1. The second-order valence-corrected chi connectivity index (χ2v) is 6.19. The van der Waals surface area contributed by atoms with Crippen LogP contribution in [-0.2, 0) is 30.3 Å². The van der Waals surface area contributed by atoms with Crippen LogP contribution < -0.4 is 5.73 Å². The first-order chi connectivity index (χ1) is 10.9. The molecule has 1 aliphatic rings. The Morgan fingerprint density at radius 1 is 1.48 bits per heavy atom. The average molecular weight is 338 g/mol. The first-order valence-corrected chi connectivity index (χ1v) is 7.85. The SMILES string of the molecule is COC(=O)C(OC(=O)Cc1cccs1)=C(C)CN1C[C@H](N)C1=O. The summed E-state index contributed by atoms with van der Waals surface area (Å²) in [6.45, 7) is 2.19. The summed E-state index contributed by atoms with van der Waals surface area (Å²) < 4.78 is 9.82. The van der Waals surface area contributed by atoms with Crippen LogP contribution in [-0.4, -0.2) is 49.0 Å². The molecule has 124 valence electrons. The molecule has 1 aromatic heterocycles. The molecule has 8 heteroatoms. The first-order valence-electron chi connectivity index (χ1n) is 6.98. The van der Waals surface area contributed by atoms with E-state index in [0.29, 0.717) is 12.1 Å². The molecule has 1 fully saturated rings. The van der Waals surface area contributed by atoms with Crippen LogP contribution >= 0.6 is 11.3 Å². The summed E-state index contributed by atoms with van der Waals surface area (Å²) >= 11 is 1.42. The number of amides is 1. The second-order valence-electron chi connectivity index (χ2n) is 5.16. The predicted octanol–water partition coefficient (Wildman–Crippen LogP) is 0.450. The van der Waals surface area contributed by atoms with Gasteiger partial charge in [-0.15, -0.1) is 11.3 Å². The summed E-state index contributed by atoms with van der Waals surface area (Å²) in [5.41, 5.74) is 5.96. The van der Waals surface area contributed by atoms with Gasteiger partial charge in [0, 0.05) is 18.0 Å². The van der Waals surface area contributed by atoms with Gasteiger partial charge in [0.1, 0.15) is 6.04 Å². The number of β-lactam (4-membered cyclic amide) rings is 1. The third-order valence-electron chi connectivity index (χ3n) is 3.35. The van der Waals surface area contributed by atoms with E-state index in [1.165, 1.54) is 23.3 Å². The van der Waals surface area contributed by atoms with Crippen molar-refractivity contribution in [1.29, 1.82) is 0 Å². The fourth-order valence-electron chi connectivity index (χ4n) is 2.13. The molecule has 23 heavy (non-hydrogen) atoms. The molecule has 2 N–H and O–H groups in total.